The molecule has 2 fully saturated rings. The lowest BCUT2D eigenvalue weighted by atomic mass is 9.98. The Kier molecular flexibility index (Phi) is 5.54. The average molecular weight is 450 g/mol. The summed E-state index contributed by atoms with van der Waals surface area (Å²) in [5.41, 5.74) is 4.60. The molecule has 0 aromatic heterocycles. The van der Waals surface area contributed by atoms with E-state index < -0.39 is 24.2 Å². The number of hydrogen-bond donors (Lipinski definition) is 3. The first-order valence-electron chi connectivity index (χ1n) is 11.2. The van der Waals surface area contributed by atoms with Crippen LogP contribution < -0.4 is 5.32 Å². The van der Waals surface area contributed by atoms with Crippen LogP contribution in [0, 0.1) is 11.8 Å². The lowest BCUT2D eigenvalue weighted by Crippen LogP contribution is -2.42. The number of aliphatic hydroxyl groups is 1. The molecule has 172 valence electrons. The Morgan fingerprint density at radius 2 is 1.64 bits per heavy atom. The standard InChI is InChI=1S/C25H26N2O6/c28-15-10-22(24(30)31)27(12-15)23(29)20-9-14(20)11-26-25(32)33-13-21-18-7-3-1-5-16(18)17-6-2-4-8-19(17)21/h1-8,14-15,20-22,28H,9-13H2,(H,26,32)(H,30,31)/t14-,15?,20-,22?/m1/s1. The number of carbonyl (C=O) groups excluding carboxylic acids is 2. The molecule has 2 aliphatic carbocycles. The fourth-order valence-electron chi connectivity index (χ4n) is 5.14. The van der Waals surface area contributed by atoms with E-state index in [2.05, 4.69) is 29.6 Å². The summed E-state index contributed by atoms with van der Waals surface area (Å²) < 4.78 is 5.52. The average Bonchev–Trinajstić information content (AvgIpc) is 3.38. The molecule has 3 aliphatic rings. The van der Waals surface area contributed by atoms with E-state index in [0.29, 0.717) is 13.0 Å². The number of aliphatic hydroxyl groups excluding tert-OH is 1. The molecule has 8 heteroatoms. The van der Waals surface area contributed by atoms with Gasteiger partial charge in [0.15, 0.2) is 0 Å². The van der Waals surface area contributed by atoms with Crippen LogP contribution in [0.2, 0.25) is 0 Å². The van der Waals surface area contributed by atoms with Gasteiger partial charge in [0.25, 0.3) is 0 Å². The molecule has 3 N–H and O–H groups in total. The number of fused-ring (bicyclic) bond motifs is 3. The number of benzene rings is 2. The quantitative estimate of drug-likeness (QED) is 0.621. The Morgan fingerprint density at radius 3 is 2.27 bits per heavy atom. The minimum absolute atomic E-state index is 0.0204. The molecular formula is C25H26N2O6. The first-order chi connectivity index (χ1) is 15.9. The Hall–Kier alpha value is -3.39. The van der Waals surface area contributed by atoms with E-state index in [1.54, 1.807) is 0 Å². The Labute approximate surface area is 191 Å². The second kappa shape index (κ2) is 8.51. The molecule has 1 saturated carbocycles. The summed E-state index contributed by atoms with van der Waals surface area (Å²) >= 11 is 0. The van der Waals surface area contributed by atoms with Gasteiger partial charge in [-0.3, -0.25) is 4.79 Å². The molecule has 1 aliphatic heterocycles. The molecular weight excluding hydrogens is 424 g/mol. The normalized spacial score (nSPS) is 25.3. The van der Waals surface area contributed by atoms with E-state index >= 15 is 0 Å². The number of carbonyl (C=O) groups is 3. The van der Waals surface area contributed by atoms with Crippen molar-refractivity contribution in [3.63, 3.8) is 0 Å². The Morgan fingerprint density at radius 1 is 1.00 bits per heavy atom. The van der Waals surface area contributed by atoms with Gasteiger partial charge in [-0.05, 0) is 34.6 Å². The first kappa shape index (κ1) is 21.5. The van der Waals surface area contributed by atoms with Crippen LogP contribution in [0.15, 0.2) is 48.5 Å². The van der Waals surface area contributed by atoms with Gasteiger partial charge in [0.1, 0.15) is 12.6 Å². The summed E-state index contributed by atoms with van der Waals surface area (Å²) in [6.45, 7) is 0.554. The van der Waals surface area contributed by atoms with E-state index in [0.717, 1.165) is 22.3 Å². The van der Waals surface area contributed by atoms with Crippen molar-refractivity contribution in [2.75, 3.05) is 19.7 Å². The van der Waals surface area contributed by atoms with Gasteiger partial charge >= 0.3 is 12.1 Å². The van der Waals surface area contributed by atoms with E-state index in [1.807, 2.05) is 24.3 Å². The number of ether oxygens (including phenoxy) is 1. The topological polar surface area (TPSA) is 116 Å². The maximum Gasteiger partial charge on any atom is 0.407 e. The van der Waals surface area contributed by atoms with Gasteiger partial charge in [0.05, 0.1) is 6.10 Å². The van der Waals surface area contributed by atoms with Crippen LogP contribution in [0.25, 0.3) is 11.1 Å². The third-order valence-corrected chi connectivity index (χ3v) is 6.94. The number of alkyl carbamates (subject to hydrolysis) is 1. The lowest BCUT2D eigenvalue weighted by Gasteiger charge is -2.21. The summed E-state index contributed by atoms with van der Waals surface area (Å²) in [5.74, 6) is -1.77. The van der Waals surface area contributed by atoms with Crippen LogP contribution in [0.5, 0.6) is 0 Å². The number of carboxylic acid groups (broad SMARTS) is 1. The largest absolute Gasteiger partial charge is 0.480 e. The molecule has 33 heavy (non-hydrogen) atoms. The molecule has 0 spiro atoms. The van der Waals surface area contributed by atoms with Gasteiger partial charge in [0.2, 0.25) is 5.91 Å². The molecule has 2 aromatic carbocycles. The monoisotopic (exact) mass is 450 g/mol. The van der Waals surface area contributed by atoms with Gasteiger partial charge in [-0.1, -0.05) is 48.5 Å². The SMILES string of the molecule is O=C(NC[C@H]1C[C@H]1C(=O)N1CC(O)CC1C(=O)O)OCC1c2ccccc2-c2ccccc21. The van der Waals surface area contributed by atoms with Crippen molar-refractivity contribution in [3.05, 3.63) is 59.7 Å². The van der Waals surface area contributed by atoms with Crippen LogP contribution in [-0.2, 0) is 14.3 Å². The molecule has 1 saturated heterocycles. The molecule has 0 radical (unpaired) electrons. The van der Waals surface area contributed by atoms with E-state index in [-0.39, 0.29) is 43.2 Å². The number of β-amino-alcohol motifs (C(OH)–C–C–N with tert-alkyl or cyclic N) is 1. The summed E-state index contributed by atoms with van der Waals surface area (Å²) in [5, 5.41) is 21.8. The van der Waals surface area contributed by atoms with Crippen LogP contribution >= 0.6 is 0 Å². The van der Waals surface area contributed by atoms with Crippen molar-refractivity contribution in [1.82, 2.24) is 10.2 Å². The predicted molar refractivity (Wildman–Crippen MR) is 118 cm³/mol. The minimum atomic E-state index is -1.10. The molecule has 2 unspecified atom stereocenters. The second-order valence-corrected chi connectivity index (χ2v) is 9.04. The fourth-order valence-corrected chi connectivity index (χ4v) is 5.14. The summed E-state index contributed by atoms with van der Waals surface area (Å²) in [4.78, 5) is 37.6. The molecule has 4 atom stereocenters. The number of likely N-dealkylation sites (tertiary alicyclic amines) is 1. The molecule has 0 bridgehead atoms. The van der Waals surface area contributed by atoms with Crippen molar-refractivity contribution in [2.45, 2.75) is 30.9 Å². The van der Waals surface area contributed by atoms with Crippen molar-refractivity contribution in [2.24, 2.45) is 11.8 Å². The van der Waals surface area contributed by atoms with Crippen LogP contribution in [0.3, 0.4) is 0 Å². The zero-order valence-corrected chi connectivity index (χ0v) is 18.0. The Bertz CT molecular complexity index is 1060. The lowest BCUT2D eigenvalue weighted by molar-refractivity contribution is -0.148. The smallest absolute Gasteiger partial charge is 0.407 e. The number of hydrogen-bond acceptors (Lipinski definition) is 5. The van der Waals surface area contributed by atoms with E-state index in [9.17, 15) is 24.6 Å². The maximum absolute atomic E-state index is 12.7. The highest BCUT2D eigenvalue weighted by Crippen LogP contribution is 2.44. The van der Waals surface area contributed by atoms with E-state index in [4.69, 9.17) is 4.74 Å². The molecule has 5 rings (SSSR count). The van der Waals surface area contributed by atoms with Crippen molar-refractivity contribution >= 4 is 18.0 Å². The van der Waals surface area contributed by atoms with Crippen molar-refractivity contribution in [1.29, 1.82) is 0 Å². The Balaban J connectivity index is 1.12. The third kappa shape index (κ3) is 4.06. The van der Waals surface area contributed by atoms with Crippen LogP contribution in [-0.4, -0.2) is 64.9 Å². The number of nitrogens with one attached hydrogen (secondary N) is 1. The highest BCUT2D eigenvalue weighted by Gasteiger charge is 2.49. The van der Waals surface area contributed by atoms with Gasteiger partial charge in [-0.2, -0.15) is 0 Å². The molecule has 2 amide bonds. The number of aliphatic carboxylic acids is 1. The fraction of sp³-hybridized carbons (Fsp3) is 0.400. The van der Waals surface area contributed by atoms with Gasteiger partial charge in [-0.15, -0.1) is 0 Å². The van der Waals surface area contributed by atoms with Gasteiger partial charge in [-0.25, -0.2) is 9.59 Å². The first-order valence-corrected chi connectivity index (χ1v) is 11.2. The van der Waals surface area contributed by atoms with Gasteiger partial charge in [0, 0.05) is 31.3 Å². The second-order valence-electron chi connectivity index (χ2n) is 9.04. The van der Waals surface area contributed by atoms with Gasteiger partial charge < -0.3 is 25.2 Å². The molecule has 2 aromatic rings. The minimum Gasteiger partial charge on any atom is -0.480 e. The van der Waals surface area contributed by atoms with Crippen molar-refractivity contribution < 1.29 is 29.3 Å². The highest BCUT2D eigenvalue weighted by molar-refractivity contribution is 5.87. The predicted octanol–water partition coefficient (Wildman–Crippen LogP) is 2.21. The molecule has 8 nitrogen and oxygen atoms in total. The van der Waals surface area contributed by atoms with Crippen molar-refractivity contribution in [3.8, 4) is 11.1 Å². The zero-order valence-electron chi connectivity index (χ0n) is 18.0. The number of nitrogens with zero attached hydrogens (tertiary/aromatic N) is 1. The van der Waals surface area contributed by atoms with E-state index in [1.165, 1.54) is 4.90 Å². The summed E-state index contributed by atoms with van der Waals surface area (Å²) in [6.07, 6.45) is -0.709. The third-order valence-electron chi connectivity index (χ3n) is 6.94. The number of rotatable bonds is 6. The zero-order chi connectivity index (χ0) is 23.1. The number of carboxylic acids is 1. The van der Waals surface area contributed by atoms with Crippen LogP contribution in [0.1, 0.15) is 29.9 Å². The van der Waals surface area contributed by atoms with Crippen LogP contribution in [0.4, 0.5) is 4.79 Å². The maximum atomic E-state index is 12.7. The number of amides is 2. The highest BCUT2D eigenvalue weighted by atomic mass is 16.5. The summed E-state index contributed by atoms with van der Waals surface area (Å²) in [6, 6.07) is 15.2. The summed E-state index contributed by atoms with van der Waals surface area (Å²) in [7, 11) is 0. The molecule has 1 heterocycles.